The number of carbonyl (C=O) groups excluding carboxylic acids is 1. The monoisotopic (exact) mass is 296 g/mol. The van der Waals surface area contributed by atoms with Crippen molar-refractivity contribution in [3.63, 3.8) is 0 Å². The molecule has 1 N–H and O–H groups in total. The zero-order valence-corrected chi connectivity index (χ0v) is 12.1. The fourth-order valence-electron chi connectivity index (χ4n) is 2.81. The number of aryl methyl sites for hydroxylation is 1. The van der Waals surface area contributed by atoms with Crippen LogP contribution in [-0.2, 0) is 6.42 Å². The lowest BCUT2D eigenvalue weighted by atomic mass is 9.77. The van der Waals surface area contributed by atoms with Gasteiger partial charge in [-0.3, -0.25) is 4.79 Å². The smallest absolute Gasteiger partial charge is 0.203 e. The zero-order valence-electron chi connectivity index (χ0n) is 12.1. The highest BCUT2D eigenvalue weighted by Gasteiger charge is 2.47. The van der Waals surface area contributed by atoms with Gasteiger partial charge in [-0.25, -0.2) is 4.39 Å². The maximum Gasteiger partial charge on any atom is 0.203 e. The first-order valence-electron chi connectivity index (χ1n) is 7.34. The number of halogens is 1. The van der Waals surface area contributed by atoms with Crippen LogP contribution in [0.2, 0.25) is 0 Å². The van der Waals surface area contributed by atoms with Crippen LogP contribution in [0.15, 0.2) is 60.7 Å². The van der Waals surface area contributed by atoms with Crippen LogP contribution < -0.4 is 0 Å². The number of carbonyl (C=O) groups is 1. The molecule has 0 saturated carbocycles. The van der Waals surface area contributed by atoms with Crippen molar-refractivity contribution >= 4 is 11.9 Å². The van der Waals surface area contributed by atoms with Gasteiger partial charge in [-0.2, -0.15) is 0 Å². The van der Waals surface area contributed by atoms with Crippen molar-refractivity contribution in [2.75, 3.05) is 0 Å². The molecule has 112 valence electrons. The SMILES string of the molecule is O=C1c2ccccc2CC[C@@]1(F)[C@@H](O)/C=C/c1ccccc1. The van der Waals surface area contributed by atoms with Crippen LogP contribution in [0.5, 0.6) is 0 Å². The average molecular weight is 296 g/mol. The minimum Gasteiger partial charge on any atom is -0.385 e. The molecule has 1 aliphatic carbocycles. The fraction of sp³-hybridized carbons (Fsp3) is 0.211. The number of rotatable bonds is 3. The molecule has 0 saturated heterocycles. The molecule has 2 aromatic carbocycles. The van der Waals surface area contributed by atoms with E-state index >= 15 is 4.39 Å². The Hall–Kier alpha value is -2.26. The summed E-state index contributed by atoms with van der Waals surface area (Å²) < 4.78 is 15.1. The lowest BCUT2D eigenvalue weighted by Crippen LogP contribution is -2.47. The summed E-state index contributed by atoms with van der Waals surface area (Å²) in [5, 5.41) is 10.2. The summed E-state index contributed by atoms with van der Waals surface area (Å²) in [5.41, 5.74) is -0.170. The summed E-state index contributed by atoms with van der Waals surface area (Å²) in [6, 6.07) is 16.3. The van der Waals surface area contributed by atoms with E-state index in [2.05, 4.69) is 0 Å². The Bertz CT molecular complexity index is 708. The topological polar surface area (TPSA) is 37.3 Å². The van der Waals surface area contributed by atoms with Crippen LogP contribution in [0.25, 0.3) is 6.08 Å². The molecule has 0 amide bonds. The van der Waals surface area contributed by atoms with E-state index in [4.69, 9.17) is 0 Å². The van der Waals surface area contributed by atoms with E-state index in [0.29, 0.717) is 12.0 Å². The number of benzene rings is 2. The number of aliphatic hydroxyl groups is 1. The van der Waals surface area contributed by atoms with E-state index in [1.54, 1.807) is 18.2 Å². The number of fused-ring (bicyclic) bond motifs is 1. The standard InChI is InChI=1S/C19H17FO2/c20-19(17(21)11-10-14-6-2-1-3-7-14)13-12-15-8-4-5-9-16(15)18(19)22/h1-11,17,21H,12-13H2/b11-10+/t17-,19+/m0/s1. The first-order chi connectivity index (χ1) is 10.6. The number of alkyl halides is 1. The van der Waals surface area contributed by atoms with Gasteiger partial charge in [-0.15, -0.1) is 0 Å². The second-order valence-electron chi connectivity index (χ2n) is 5.56. The highest BCUT2D eigenvalue weighted by atomic mass is 19.1. The van der Waals surface area contributed by atoms with Gasteiger partial charge >= 0.3 is 0 Å². The molecule has 0 fully saturated rings. The summed E-state index contributed by atoms with van der Waals surface area (Å²) in [6.45, 7) is 0. The second-order valence-corrected chi connectivity index (χ2v) is 5.56. The van der Waals surface area contributed by atoms with Gasteiger partial charge in [0, 0.05) is 5.56 Å². The zero-order chi connectivity index (χ0) is 15.6. The van der Waals surface area contributed by atoms with Gasteiger partial charge in [0.2, 0.25) is 11.5 Å². The highest BCUT2D eigenvalue weighted by molar-refractivity contribution is 6.05. The van der Waals surface area contributed by atoms with Gasteiger partial charge < -0.3 is 5.11 Å². The van der Waals surface area contributed by atoms with E-state index in [1.807, 2.05) is 42.5 Å². The van der Waals surface area contributed by atoms with Crippen molar-refractivity contribution in [1.29, 1.82) is 0 Å². The number of aliphatic hydroxyl groups excluding tert-OH is 1. The highest BCUT2D eigenvalue weighted by Crippen LogP contribution is 2.35. The number of Topliss-reactive ketones (excluding diaryl/α,β-unsaturated/α-hetero) is 1. The minimum absolute atomic E-state index is 0.00312. The van der Waals surface area contributed by atoms with E-state index in [0.717, 1.165) is 11.1 Å². The maximum absolute atomic E-state index is 15.1. The third-order valence-corrected chi connectivity index (χ3v) is 4.14. The lowest BCUT2D eigenvalue weighted by molar-refractivity contribution is 0.0155. The molecule has 3 rings (SSSR count). The van der Waals surface area contributed by atoms with Crippen molar-refractivity contribution in [1.82, 2.24) is 0 Å². The van der Waals surface area contributed by atoms with E-state index in [9.17, 15) is 9.90 Å². The molecule has 1 aliphatic rings. The molecule has 0 radical (unpaired) electrons. The summed E-state index contributed by atoms with van der Waals surface area (Å²) in [5.74, 6) is -0.625. The number of hydrogen-bond donors (Lipinski definition) is 1. The Morgan fingerprint density at radius 1 is 1.09 bits per heavy atom. The molecule has 2 atom stereocenters. The van der Waals surface area contributed by atoms with Crippen LogP contribution in [0.3, 0.4) is 0 Å². The van der Waals surface area contributed by atoms with Gasteiger partial charge in [0.05, 0.1) is 0 Å². The first-order valence-corrected chi connectivity index (χ1v) is 7.34. The predicted molar refractivity (Wildman–Crippen MR) is 84.4 cm³/mol. The lowest BCUT2D eigenvalue weighted by Gasteiger charge is -2.32. The molecule has 3 heteroatoms. The second kappa shape index (κ2) is 5.85. The minimum atomic E-state index is -2.25. The predicted octanol–water partition coefficient (Wildman–Crippen LogP) is 3.60. The molecule has 0 bridgehead atoms. The van der Waals surface area contributed by atoms with Gasteiger partial charge in [0.25, 0.3) is 0 Å². The van der Waals surface area contributed by atoms with Gasteiger partial charge in [-0.05, 0) is 24.0 Å². The number of hydrogen-bond acceptors (Lipinski definition) is 2. The number of ketones is 1. The molecular weight excluding hydrogens is 279 g/mol. The molecule has 2 aromatic rings. The molecule has 0 aliphatic heterocycles. The van der Waals surface area contributed by atoms with Crippen LogP contribution in [0.4, 0.5) is 4.39 Å². The molecule has 22 heavy (non-hydrogen) atoms. The largest absolute Gasteiger partial charge is 0.385 e. The van der Waals surface area contributed by atoms with Gasteiger partial charge in [0.1, 0.15) is 6.10 Å². The molecule has 0 spiro atoms. The normalized spacial score (nSPS) is 22.5. The molecule has 0 heterocycles. The maximum atomic E-state index is 15.1. The van der Waals surface area contributed by atoms with E-state index in [-0.39, 0.29) is 6.42 Å². The molecule has 0 unspecified atom stereocenters. The Morgan fingerprint density at radius 3 is 2.55 bits per heavy atom. The molecule has 0 aromatic heterocycles. The van der Waals surface area contributed by atoms with Crippen molar-refractivity contribution in [2.45, 2.75) is 24.6 Å². The van der Waals surface area contributed by atoms with Crippen molar-refractivity contribution in [3.8, 4) is 0 Å². The Labute approximate surface area is 128 Å². The van der Waals surface area contributed by atoms with Crippen molar-refractivity contribution in [3.05, 3.63) is 77.4 Å². The quantitative estimate of drug-likeness (QED) is 0.939. The summed E-state index contributed by atoms with van der Waals surface area (Å²) in [4.78, 5) is 12.4. The fourth-order valence-corrected chi connectivity index (χ4v) is 2.81. The third-order valence-electron chi connectivity index (χ3n) is 4.14. The Kier molecular flexibility index (Phi) is 3.90. The Balaban J connectivity index is 1.85. The molecular formula is C19H17FO2. The third kappa shape index (κ3) is 2.60. The summed E-state index contributed by atoms with van der Waals surface area (Å²) in [7, 11) is 0. The van der Waals surface area contributed by atoms with E-state index < -0.39 is 17.6 Å². The van der Waals surface area contributed by atoms with E-state index in [1.165, 1.54) is 6.08 Å². The average Bonchev–Trinajstić information content (AvgIpc) is 2.57. The van der Waals surface area contributed by atoms with Crippen LogP contribution in [0.1, 0.15) is 27.9 Å². The first kappa shape index (κ1) is 14.7. The van der Waals surface area contributed by atoms with Gasteiger partial charge in [0.15, 0.2) is 0 Å². The van der Waals surface area contributed by atoms with Crippen molar-refractivity contribution in [2.24, 2.45) is 0 Å². The summed E-state index contributed by atoms with van der Waals surface area (Å²) in [6.07, 6.45) is 2.01. The molecule has 2 nitrogen and oxygen atoms in total. The van der Waals surface area contributed by atoms with Crippen molar-refractivity contribution < 1.29 is 14.3 Å². The van der Waals surface area contributed by atoms with Gasteiger partial charge in [-0.1, -0.05) is 66.7 Å². The summed E-state index contributed by atoms with van der Waals surface area (Å²) >= 11 is 0. The van der Waals surface area contributed by atoms with Crippen LogP contribution >= 0.6 is 0 Å². The van der Waals surface area contributed by atoms with Crippen LogP contribution in [0, 0.1) is 0 Å². The van der Waals surface area contributed by atoms with Crippen LogP contribution in [-0.4, -0.2) is 22.7 Å². The Morgan fingerprint density at radius 2 is 1.77 bits per heavy atom.